The highest BCUT2D eigenvalue weighted by molar-refractivity contribution is 9.10. The molecule has 1 amide bonds. The van der Waals surface area contributed by atoms with E-state index in [2.05, 4.69) is 21.2 Å². The summed E-state index contributed by atoms with van der Waals surface area (Å²) >= 11 is 9.29. The van der Waals surface area contributed by atoms with Crippen LogP contribution in [0.2, 0.25) is 5.02 Å². The Morgan fingerprint density at radius 3 is 2.69 bits per heavy atom. The lowest BCUT2D eigenvalue weighted by atomic mass is 9.92. The maximum atomic E-state index is 11.8. The van der Waals surface area contributed by atoms with Gasteiger partial charge in [-0.3, -0.25) is 4.79 Å². The van der Waals surface area contributed by atoms with Gasteiger partial charge < -0.3 is 11.1 Å². The van der Waals surface area contributed by atoms with Gasteiger partial charge in [-0.05, 0) is 32.0 Å². The van der Waals surface area contributed by atoms with Gasteiger partial charge in [0, 0.05) is 11.0 Å². The number of rotatable bonds is 3. The minimum absolute atomic E-state index is 0.140. The molecule has 0 unspecified atom stereocenters. The number of amides is 1. The number of nitrogens with one attached hydrogen (secondary N) is 1. The molecule has 0 saturated carbocycles. The highest BCUT2D eigenvalue weighted by Gasteiger charge is 2.26. The number of benzene rings is 1. The second kappa shape index (κ2) is 5.17. The standard InChI is InChI=1S/C11H14BrClN2O/c1-11(2,6-14)10(16)15-9-4-3-7(12)5-8(9)13/h3-5H,6,14H2,1-2H3,(H,15,16). The third-order valence-corrected chi connectivity index (χ3v) is 3.11. The largest absolute Gasteiger partial charge is 0.329 e. The van der Waals surface area contributed by atoms with Gasteiger partial charge in [-0.2, -0.15) is 0 Å². The van der Waals surface area contributed by atoms with E-state index in [1.165, 1.54) is 0 Å². The molecule has 0 aliphatic rings. The van der Waals surface area contributed by atoms with Crippen LogP contribution >= 0.6 is 27.5 Å². The summed E-state index contributed by atoms with van der Waals surface area (Å²) in [5.74, 6) is -0.140. The average Bonchev–Trinajstić information content (AvgIpc) is 2.22. The number of hydrogen-bond acceptors (Lipinski definition) is 2. The van der Waals surface area contributed by atoms with Crippen LogP contribution in [0, 0.1) is 5.41 Å². The first-order valence-corrected chi connectivity index (χ1v) is 6.00. The number of halogens is 2. The van der Waals surface area contributed by atoms with Gasteiger partial charge in [-0.25, -0.2) is 0 Å². The van der Waals surface area contributed by atoms with E-state index in [-0.39, 0.29) is 12.5 Å². The molecule has 1 aromatic carbocycles. The molecule has 88 valence electrons. The molecular weight excluding hydrogens is 291 g/mol. The summed E-state index contributed by atoms with van der Waals surface area (Å²) in [6.45, 7) is 3.86. The molecule has 0 fully saturated rings. The molecule has 0 radical (unpaired) electrons. The van der Waals surface area contributed by atoms with Gasteiger partial charge in [-0.1, -0.05) is 27.5 Å². The molecule has 0 aliphatic heterocycles. The predicted molar refractivity (Wildman–Crippen MR) is 70.6 cm³/mol. The van der Waals surface area contributed by atoms with Gasteiger partial charge in [0.1, 0.15) is 0 Å². The summed E-state index contributed by atoms with van der Waals surface area (Å²) in [4.78, 5) is 11.8. The van der Waals surface area contributed by atoms with Crippen LogP contribution in [0.4, 0.5) is 5.69 Å². The Bertz CT molecular complexity index is 407. The number of nitrogens with two attached hydrogens (primary N) is 1. The quantitative estimate of drug-likeness (QED) is 0.902. The van der Waals surface area contributed by atoms with Gasteiger partial charge in [0.15, 0.2) is 0 Å². The second-order valence-corrected chi connectivity index (χ2v) is 5.49. The molecule has 5 heteroatoms. The highest BCUT2D eigenvalue weighted by atomic mass is 79.9. The van der Waals surface area contributed by atoms with E-state index in [9.17, 15) is 4.79 Å². The van der Waals surface area contributed by atoms with Crippen molar-refractivity contribution in [2.75, 3.05) is 11.9 Å². The van der Waals surface area contributed by atoms with Crippen molar-refractivity contribution in [3.8, 4) is 0 Å². The van der Waals surface area contributed by atoms with Crippen LogP contribution in [0.3, 0.4) is 0 Å². The third-order valence-electron chi connectivity index (χ3n) is 2.30. The third kappa shape index (κ3) is 3.20. The summed E-state index contributed by atoms with van der Waals surface area (Å²) in [5.41, 5.74) is 5.51. The molecule has 1 aromatic rings. The van der Waals surface area contributed by atoms with Crippen LogP contribution in [0.1, 0.15) is 13.8 Å². The number of hydrogen-bond donors (Lipinski definition) is 2. The summed E-state index contributed by atoms with van der Waals surface area (Å²) in [6.07, 6.45) is 0. The Labute approximate surface area is 108 Å². The monoisotopic (exact) mass is 304 g/mol. The van der Waals surface area contributed by atoms with Gasteiger partial charge >= 0.3 is 0 Å². The first-order valence-electron chi connectivity index (χ1n) is 4.83. The predicted octanol–water partition coefficient (Wildman–Crippen LogP) is 3.03. The molecular formula is C11H14BrClN2O. The zero-order valence-electron chi connectivity index (χ0n) is 9.18. The second-order valence-electron chi connectivity index (χ2n) is 4.17. The summed E-state index contributed by atoms with van der Waals surface area (Å²) in [7, 11) is 0. The topological polar surface area (TPSA) is 55.1 Å². The zero-order valence-corrected chi connectivity index (χ0v) is 11.5. The van der Waals surface area contributed by atoms with Crippen LogP contribution in [0.25, 0.3) is 0 Å². The van der Waals surface area contributed by atoms with E-state index in [1.807, 2.05) is 6.07 Å². The van der Waals surface area contributed by atoms with Gasteiger partial charge in [0.05, 0.1) is 16.1 Å². The Balaban J connectivity index is 2.85. The molecule has 16 heavy (non-hydrogen) atoms. The fourth-order valence-electron chi connectivity index (χ4n) is 0.975. The first-order chi connectivity index (χ1) is 7.36. The van der Waals surface area contributed by atoms with Crippen molar-refractivity contribution in [1.82, 2.24) is 0 Å². The maximum Gasteiger partial charge on any atom is 0.231 e. The minimum atomic E-state index is -0.601. The van der Waals surface area contributed by atoms with Gasteiger partial charge in [-0.15, -0.1) is 0 Å². The summed E-state index contributed by atoms with van der Waals surface area (Å²) in [6, 6.07) is 5.29. The Kier molecular flexibility index (Phi) is 4.35. The zero-order chi connectivity index (χ0) is 12.3. The molecule has 0 aromatic heterocycles. The van der Waals surface area contributed by atoms with Crippen LogP contribution in [0.15, 0.2) is 22.7 Å². The van der Waals surface area contributed by atoms with Crippen LogP contribution in [-0.2, 0) is 4.79 Å². The molecule has 0 heterocycles. The number of carbonyl (C=O) groups is 1. The Hall–Kier alpha value is -0.580. The Morgan fingerprint density at radius 2 is 2.19 bits per heavy atom. The minimum Gasteiger partial charge on any atom is -0.329 e. The lowest BCUT2D eigenvalue weighted by molar-refractivity contribution is -0.123. The van der Waals surface area contributed by atoms with E-state index in [0.717, 1.165) is 4.47 Å². The molecule has 1 rings (SSSR count). The lowest BCUT2D eigenvalue weighted by Gasteiger charge is -2.21. The van der Waals surface area contributed by atoms with Crippen molar-refractivity contribution in [3.63, 3.8) is 0 Å². The molecule has 0 atom stereocenters. The van der Waals surface area contributed by atoms with Crippen molar-refractivity contribution in [2.24, 2.45) is 11.1 Å². The smallest absolute Gasteiger partial charge is 0.231 e. The lowest BCUT2D eigenvalue weighted by Crippen LogP contribution is -2.37. The van der Waals surface area contributed by atoms with Gasteiger partial charge in [0.25, 0.3) is 0 Å². The average molecular weight is 306 g/mol. The van der Waals surface area contributed by atoms with Crippen molar-refractivity contribution >= 4 is 39.1 Å². The molecule has 0 spiro atoms. The van der Waals surface area contributed by atoms with E-state index in [0.29, 0.717) is 10.7 Å². The SMILES string of the molecule is CC(C)(CN)C(=O)Nc1ccc(Br)cc1Cl. The van der Waals surface area contributed by atoms with Crippen LogP contribution in [0.5, 0.6) is 0 Å². The van der Waals surface area contributed by atoms with Crippen molar-refractivity contribution in [3.05, 3.63) is 27.7 Å². The molecule has 0 saturated heterocycles. The number of carbonyl (C=O) groups excluding carboxylic acids is 1. The number of anilines is 1. The molecule has 3 N–H and O–H groups in total. The van der Waals surface area contributed by atoms with Crippen molar-refractivity contribution < 1.29 is 4.79 Å². The summed E-state index contributed by atoms with van der Waals surface area (Å²) in [5, 5.41) is 3.25. The van der Waals surface area contributed by atoms with E-state index in [4.69, 9.17) is 17.3 Å². The van der Waals surface area contributed by atoms with Gasteiger partial charge in [0.2, 0.25) is 5.91 Å². The van der Waals surface area contributed by atoms with E-state index >= 15 is 0 Å². The fourth-order valence-corrected chi connectivity index (χ4v) is 1.70. The van der Waals surface area contributed by atoms with Crippen molar-refractivity contribution in [2.45, 2.75) is 13.8 Å². The van der Waals surface area contributed by atoms with E-state index < -0.39 is 5.41 Å². The molecule has 0 aliphatic carbocycles. The normalized spacial score (nSPS) is 11.3. The highest BCUT2D eigenvalue weighted by Crippen LogP contribution is 2.27. The van der Waals surface area contributed by atoms with Crippen molar-refractivity contribution in [1.29, 1.82) is 0 Å². The molecule has 3 nitrogen and oxygen atoms in total. The van der Waals surface area contributed by atoms with Crippen LogP contribution < -0.4 is 11.1 Å². The maximum absolute atomic E-state index is 11.8. The fraction of sp³-hybridized carbons (Fsp3) is 0.364. The van der Waals surface area contributed by atoms with Crippen LogP contribution in [-0.4, -0.2) is 12.5 Å². The Morgan fingerprint density at radius 1 is 1.56 bits per heavy atom. The summed E-state index contributed by atoms with van der Waals surface area (Å²) < 4.78 is 0.869. The molecule has 0 bridgehead atoms. The van der Waals surface area contributed by atoms with E-state index in [1.54, 1.807) is 26.0 Å². The first kappa shape index (κ1) is 13.5.